The highest BCUT2D eigenvalue weighted by Crippen LogP contribution is 2.07. The van der Waals surface area contributed by atoms with E-state index in [4.69, 9.17) is 0 Å². The first-order chi connectivity index (χ1) is 7.41. The van der Waals surface area contributed by atoms with Crippen LogP contribution in [0.5, 0.6) is 0 Å². The number of hydrogen-bond acceptors (Lipinski definition) is 2. The maximum atomic E-state index is 4.44. The van der Waals surface area contributed by atoms with Gasteiger partial charge in [-0.2, -0.15) is 0 Å². The van der Waals surface area contributed by atoms with Gasteiger partial charge in [0.25, 0.3) is 0 Å². The van der Waals surface area contributed by atoms with Crippen molar-refractivity contribution in [2.75, 3.05) is 0 Å². The number of nitrogens with zero attached hydrogens (tertiary/aromatic N) is 2. The highest BCUT2D eigenvalue weighted by atomic mass is 14.8. The molecule has 2 heteroatoms. The third-order valence-corrected chi connectivity index (χ3v) is 2.37. The lowest BCUT2D eigenvalue weighted by molar-refractivity contribution is 0.521. The van der Waals surface area contributed by atoms with Crippen molar-refractivity contribution in [3.63, 3.8) is 0 Å². The summed E-state index contributed by atoms with van der Waals surface area (Å²) < 4.78 is 0. The molecule has 0 bridgehead atoms. The fourth-order valence-electron chi connectivity index (χ4n) is 1.86. The van der Waals surface area contributed by atoms with E-state index in [1.54, 1.807) is 0 Å². The lowest BCUT2D eigenvalue weighted by Gasteiger charge is -2.08. The number of aliphatic imine (C=N–C) groups is 2. The van der Waals surface area contributed by atoms with E-state index in [-0.39, 0.29) is 0 Å². The van der Waals surface area contributed by atoms with Crippen molar-refractivity contribution >= 4 is 12.4 Å². The van der Waals surface area contributed by atoms with Gasteiger partial charge in [0.2, 0.25) is 0 Å². The molecule has 0 aromatic heterocycles. The molecule has 94 valence electrons. The number of hydrogen-bond donors (Lipinski definition) is 0. The fourth-order valence-corrected chi connectivity index (χ4v) is 1.86. The topological polar surface area (TPSA) is 24.7 Å². The first-order valence-corrected chi connectivity index (χ1v) is 6.46. The zero-order chi connectivity index (χ0) is 12.6. The molecule has 0 spiro atoms. The van der Waals surface area contributed by atoms with Gasteiger partial charge in [0.15, 0.2) is 0 Å². The molecule has 0 aliphatic rings. The van der Waals surface area contributed by atoms with Crippen LogP contribution in [0.3, 0.4) is 0 Å². The van der Waals surface area contributed by atoms with Crippen LogP contribution in [0.2, 0.25) is 0 Å². The second kappa shape index (κ2) is 8.49. The van der Waals surface area contributed by atoms with E-state index in [0.29, 0.717) is 23.9 Å². The summed E-state index contributed by atoms with van der Waals surface area (Å²) in [6.45, 7) is 13.2. The quantitative estimate of drug-likeness (QED) is 0.584. The van der Waals surface area contributed by atoms with Crippen LogP contribution in [0.4, 0.5) is 0 Å². The first-order valence-electron chi connectivity index (χ1n) is 6.46. The highest BCUT2D eigenvalue weighted by Gasteiger charge is 2.01. The summed E-state index contributed by atoms with van der Waals surface area (Å²) in [6.07, 6.45) is 5.99. The molecule has 0 unspecified atom stereocenters. The maximum absolute atomic E-state index is 4.44. The average molecular weight is 224 g/mol. The van der Waals surface area contributed by atoms with Crippen molar-refractivity contribution in [2.45, 2.75) is 66.5 Å². The van der Waals surface area contributed by atoms with E-state index in [2.05, 4.69) is 51.5 Å². The van der Waals surface area contributed by atoms with Crippen LogP contribution in [0.25, 0.3) is 0 Å². The van der Waals surface area contributed by atoms with E-state index in [9.17, 15) is 0 Å². The Bertz CT molecular complexity index is 193. The van der Waals surface area contributed by atoms with Crippen LogP contribution < -0.4 is 0 Å². The average Bonchev–Trinajstić information content (AvgIpc) is 2.10. The molecule has 2 nitrogen and oxygen atoms in total. The zero-order valence-electron chi connectivity index (χ0n) is 11.8. The summed E-state index contributed by atoms with van der Waals surface area (Å²) in [4.78, 5) is 8.88. The van der Waals surface area contributed by atoms with Gasteiger partial charge < -0.3 is 0 Å². The molecule has 0 heterocycles. The van der Waals surface area contributed by atoms with Gasteiger partial charge in [0, 0.05) is 24.5 Å². The summed E-state index contributed by atoms with van der Waals surface area (Å²) in [5.41, 5.74) is 0. The monoisotopic (exact) mass is 224 g/mol. The molecule has 16 heavy (non-hydrogen) atoms. The minimum Gasteiger partial charge on any atom is -0.289 e. The molecule has 0 aliphatic heterocycles. The summed E-state index contributed by atoms with van der Waals surface area (Å²) in [7, 11) is 0. The van der Waals surface area contributed by atoms with Crippen LogP contribution in [0, 0.1) is 11.8 Å². The van der Waals surface area contributed by atoms with Crippen LogP contribution in [0.15, 0.2) is 9.98 Å². The Hall–Kier alpha value is -0.660. The lowest BCUT2D eigenvalue weighted by Crippen LogP contribution is -2.05. The van der Waals surface area contributed by atoms with Crippen LogP contribution in [-0.4, -0.2) is 24.5 Å². The largest absolute Gasteiger partial charge is 0.289 e. The van der Waals surface area contributed by atoms with Crippen molar-refractivity contribution in [3.8, 4) is 0 Å². The molecular formula is C14H28N2. The molecule has 0 N–H and O–H groups in total. The molecule has 0 fully saturated rings. The van der Waals surface area contributed by atoms with Gasteiger partial charge in [-0.05, 0) is 38.5 Å². The fraction of sp³-hybridized carbons (Fsp3) is 0.857. The Kier molecular flexibility index (Phi) is 8.14. The SMILES string of the molecule is CC(C)C[C@@H](C)N=CC=N[C@H](C)CC(C)C. The van der Waals surface area contributed by atoms with E-state index in [1.165, 1.54) is 0 Å². The minimum absolute atomic E-state index is 0.409. The standard InChI is InChI=1S/C14H28N2/c1-11(2)9-13(5)15-7-8-16-14(6)10-12(3)4/h7-8,11-14H,9-10H2,1-6H3/t13-,14-/m1/s1. The van der Waals surface area contributed by atoms with Crippen molar-refractivity contribution in [1.82, 2.24) is 0 Å². The predicted molar refractivity (Wildman–Crippen MR) is 74.8 cm³/mol. The van der Waals surface area contributed by atoms with E-state index in [0.717, 1.165) is 12.8 Å². The van der Waals surface area contributed by atoms with E-state index in [1.807, 2.05) is 12.4 Å². The Morgan fingerprint density at radius 1 is 0.688 bits per heavy atom. The molecule has 0 rings (SSSR count). The molecule has 0 radical (unpaired) electrons. The Morgan fingerprint density at radius 3 is 1.25 bits per heavy atom. The molecule has 2 atom stereocenters. The van der Waals surface area contributed by atoms with Gasteiger partial charge >= 0.3 is 0 Å². The highest BCUT2D eigenvalue weighted by molar-refractivity contribution is 6.16. The first kappa shape index (κ1) is 15.3. The Morgan fingerprint density at radius 2 is 1.00 bits per heavy atom. The summed E-state index contributed by atoms with van der Waals surface area (Å²) in [6, 6.07) is 0.818. The van der Waals surface area contributed by atoms with Crippen LogP contribution >= 0.6 is 0 Å². The zero-order valence-corrected chi connectivity index (χ0v) is 11.8. The van der Waals surface area contributed by atoms with E-state index < -0.39 is 0 Å². The summed E-state index contributed by atoms with van der Waals surface area (Å²) in [5, 5.41) is 0. The molecule has 0 aromatic rings. The van der Waals surface area contributed by atoms with Crippen molar-refractivity contribution in [3.05, 3.63) is 0 Å². The van der Waals surface area contributed by atoms with Gasteiger partial charge in [0.05, 0.1) is 0 Å². The van der Waals surface area contributed by atoms with Gasteiger partial charge in [-0.3, -0.25) is 9.98 Å². The van der Waals surface area contributed by atoms with E-state index >= 15 is 0 Å². The van der Waals surface area contributed by atoms with Crippen molar-refractivity contribution in [1.29, 1.82) is 0 Å². The van der Waals surface area contributed by atoms with Gasteiger partial charge in [-0.15, -0.1) is 0 Å². The maximum Gasteiger partial charge on any atom is 0.0474 e. The predicted octanol–water partition coefficient (Wildman–Crippen LogP) is 4.00. The smallest absolute Gasteiger partial charge is 0.0474 e. The second-order valence-electron chi connectivity index (χ2n) is 5.55. The van der Waals surface area contributed by atoms with Crippen LogP contribution in [0.1, 0.15) is 54.4 Å². The van der Waals surface area contributed by atoms with Gasteiger partial charge in [0.1, 0.15) is 0 Å². The molecule has 0 saturated heterocycles. The minimum atomic E-state index is 0.409. The normalized spacial score (nSPS) is 16.8. The lowest BCUT2D eigenvalue weighted by atomic mass is 10.1. The second-order valence-corrected chi connectivity index (χ2v) is 5.55. The third kappa shape index (κ3) is 9.88. The van der Waals surface area contributed by atoms with Crippen molar-refractivity contribution < 1.29 is 0 Å². The Labute approximate surface area is 101 Å². The molecule has 0 aliphatic carbocycles. The molecule has 0 aromatic carbocycles. The summed E-state index contributed by atoms with van der Waals surface area (Å²) >= 11 is 0. The van der Waals surface area contributed by atoms with Gasteiger partial charge in [-0.25, -0.2) is 0 Å². The molecular weight excluding hydrogens is 196 g/mol. The molecule has 0 saturated carbocycles. The molecule has 0 amide bonds. The van der Waals surface area contributed by atoms with Gasteiger partial charge in [-0.1, -0.05) is 27.7 Å². The van der Waals surface area contributed by atoms with Crippen LogP contribution in [-0.2, 0) is 0 Å². The Balaban J connectivity index is 3.85. The van der Waals surface area contributed by atoms with Crippen molar-refractivity contribution in [2.24, 2.45) is 21.8 Å². The number of rotatable bonds is 7. The summed E-state index contributed by atoms with van der Waals surface area (Å²) in [5.74, 6) is 1.42. The third-order valence-electron chi connectivity index (χ3n) is 2.37.